The van der Waals surface area contributed by atoms with E-state index in [0.717, 1.165) is 11.8 Å². The second kappa shape index (κ2) is 9.52. The number of hydrogen-bond acceptors (Lipinski definition) is 7. The van der Waals surface area contributed by atoms with Crippen LogP contribution in [0.2, 0.25) is 5.02 Å². The Balaban J connectivity index is 1.69. The summed E-state index contributed by atoms with van der Waals surface area (Å²) in [5.74, 6) is 1.29. The van der Waals surface area contributed by atoms with Gasteiger partial charge in [0.05, 0.1) is 23.3 Å². The molecule has 1 N–H and O–H groups in total. The van der Waals surface area contributed by atoms with Gasteiger partial charge in [-0.1, -0.05) is 41.9 Å². The van der Waals surface area contributed by atoms with Crippen LogP contribution in [0.5, 0.6) is 11.5 Å². The fourth-order valence-electron chi connectivity index (χ4n) is 2.42. The van der Waals surface area contributed by atoms with Gasteiger partial charge in [-0.15, -0.1) is 0 Å². The van der Waals surface area contributed by atoms with Crippen LogP contribution in [0.25, 0.3) is 0 Å². The highest BCUT2D eigenvalue weighted by Gasteiger charge is 2.12. The van der Waals surface area contributed by atoms with Crippen molar-refractivity contribution in [3.05, 3.63) is 87.1 Å². The smallest absolute Gasteiger partial charge is 0.287 e. The van der Waals surface area contributed by atoms with Crippen LogP contribution in [0, 0.1) is 10.1 Å². The third-order valence-electron chi connectivity index (χ3n) is 3.83. The van der Waals surface area contributed by atoms with Crippen molar-refractivity contribution in [2.75, 3.05) is 12.5 Å². The van der Waals surface area contributed by atoms with Crippen molar-refractivity contribution in [2.24, 2.45) is 5.10 Å². The lowest BCUT2D eigenvalue weighted by Gasteiger charge is -2.13. The summed E-state index contributed by atoms with van der Waals surface area (Å²) in [7, 11) is 1.53. The normalized spacial score (nSPS) is 10.7. The Bertz CT molecular complexity index is 1010. The fraction of sp³-hybridized carbons (Fsp3) is 0.100. The predicted molar refractivity (Wildman–Crippen MR) is 111 cm³/mol. The minimum atomic E-state index is -0.518. The Morgan fingerprint density at radius 3 is 2.69 bits per heavy atom. The Labute approximate surface area is 171 Å². The lowest BCUT2D eigenvalue weighted by Crippen LogP contribution is -2.00. The van der Waals surface area contributed by atoms with Crippen molar-refractivity contribution in [1.29, 1.82) is 0 Å². The molecule has 0 aliphatic carbocycles. The van der Waals surface area contributed by atoms with Crippen molar-refractivity contribution in [2.45, 2.75) is 6.61 Å². The number of aromatic nitrogens is 1. The highest BCUT2D eigenvalue weighted by molar-refractivity contribution is 6.32. The number of nitrogens with zero attached hydrogens (tertiary/aromatic N) is 3. The Hall–Kier alpha value is -3.65. The predicted octanol–water partition coefficient (Wildman–Crippen LogP) is 4.68. The van der Waals surface area contributed by atoms with Crippen LogP contribution in [-0.2, 0) is 6.61 Å². The molecule has 8 nitrogen and oxygen atoms in total. The van der Waals surface area contributed by atoms with Gasteiger partial charge in [-0.2, -0.15) is 5.10 Å². The van der Waals surface area contributed by atoms with Gasteiger partial charge in [-0.3, -0.25) is 15.5 Å². The van der Waals surface area contributed by atoms with E-state index in [-0.39, 0.29) is 5.69 Å². The highest BCUT2D eigenvalue weighted by atomic mass is 35.5. The van der Waals surface area contributed by atoms with Gasteiger partial charge >= 0.3 is 0 Å². The minimum Gasteiger partial charge on any atom is -0.493 e. The van der Waals surface area contributed by atoms with E-state index in [9.17, 15) is 10.1 Å². The monoisotopic (exact) mass is 412 g/mol. The van der Waals surface area contributed by atoms with Crippen LogP contribution in [0.1, 0.15) is 11.1 Å². The standard InChI is InChI=1S/C20H17ClN4O4/c1-28-18-10-15(11-23-24-19-8-7-16(12-22-19)25(26)27)9-17(21)20(18)29-13-14-5-3-2-4-6-14/h2-12H,13H2,1H3,(H,22,24)/b23-11+. The number of methoxy groups -OCH3 is 1. The first-order valence-electron chi connectivity index (χ1n) is 8.50. The number of hydrazone groups is 1. The zero-order valence-corrected chi connectivity index (χ0v) is 16.2. The van der Waals surface area contributed by atoms with Gasteiger partial charge in [-0.25, -0.2) is 4.98 Å². The van der Waals surface area contributed by atoms with Crippen molar-refractivity contribution in [3.63, 3.8) is 0 Å². The number of halogens is 1. The van der Waals surface area contributed by atoms with E-state index in [1.807, 2.05) is 30.3 Å². The quantitative estimate of drug-likeness (QED) is 0.327. The molecular weight excluding hydrogens is 396 g/mol. The number of nitro groups is 1. The molecule has 2 aromatic carbocycles. The van der Waals surface area contributed by atoms with Crippen LogP contribution in [0.15, 0.2) is 65.9 Å². The van der Waals surface area contributed by atoms with E-state index in [2.05, 4.69) is 15.5 Å². The second-order valence-corrected chi connectivity index (χ2v) is 6.24. The number of rotatable bonds is 8. The molecule has 1 heterocycles. The van der Waals surface area contributed by atoms with Gasteiger partial charge in [0, 0.05) is 6.07 Å². The zero-order valence-electron chi connectivity index (χ0n) is 15.4. The van der Waals surface area contributed by atoms with Gasteiger partial charge in [-0.05, 0) is 29.3 Å². The summed E-state index contributed by atoms with van der Waals surface area (Å²) >= 11 is 6.36. The summed E-state index contributed by atoms with van der Waals surface area (Å²) in [6.07, 6.45) is 2.68. The molecule has 0 amide bonds. The van der Waals surface area contributed by atoms with Gasteiger partial charge < -0.3 is 9.47 Å². The molecule has 0 aliphatic rings. The zero-order chi connectivity index (χ0) is 20.6. The molecule has 9 heteroatoms. The summed E-state index contributed by atoms with van der Waals surface area (Å²) in [5, 5.41) is 15.1. The first-order chi connectivity index (χ1) is 14.1. The summed E-state index contributed by atoms with van der Waals surface area (Å²) in [6, 6.07) is 15.9. The summed E-state index contributed by atoms with van der Waals surface area (Å²) in [4.78, 5) is 14.0. The maximum absolute atomic E-state index is 10.6. The molecule has 29 heavy (non-hydrogen) atoms. The average Bonchev–Trinajstić information content (AvgIpc) is 2.73. The van der Waals surface area contributed by atoms with Crippen molar-refractivity contribution in [1.82, 2.24) is 4.98 Å². The van der Waals surface area contributed by atoms with E-state index in [0.29, 0.717) is 34.5 Å². The summed E-state index contributed by atoms with van der Waals surface area (Å²) in [6.45, 7) is 0.359. The number of hydrogen-bond donors (Lipinski definition) is 1. The third kappa shape index (κ3) is 5.43. The van der Waals surface area contributed by atoms with Gasteiger partial charge in [0.25, 0.3) is 5.69 Å². The minimum absolute atomic E-state index is 0.0952. The van der Waals surface area contributed by atoms with Crippen LogP contribution < -0.4 is 14.9 Å². The molecule has 0 radical (unpaired) electrons. The molecule has 0 saturated carbocycles. The number of nitrogens with one attached hydrogen (secondary N) is 1. The van der Waals surface area contributed by atoms with Crippen LogP contribution in [0.3, 0.4) is 0 Å². The Morgan fingerprint density at radius 2 is 2.03 bits per heavy atom. The molecular formula is C20H17ClN4O4. The van der Waals surface area contributed by atoms with E-state index >= 15 is 0 Å². The largest absolute Gasteiger partial charge is 0.493 e. The molecule has 148 valence electrons. The topological polar surface area (TPSA) is 98.9 Å². The molecule has 0 bridgehead atoms. The van der Waals surface area contributed by atoms with Crippen LogP contribution in [0.4, 0.5) is 11.5 Å². The molecule has 0 unspecified atom stereocenters. The van der Waals surface area contributed by atoms with Crippen LogP contribution >= 0.6 is 11.6 Å². The lowest BCUT2D eigenvalue weighted by atomic mass is 10.2. The molecule has 0 spiro atoms. The molecule has 3 aromatic rings. The maximum Gasteiger partial charge on any atom is 0.287 e. The van der Waals surface area contributed by atoms with E-state index in [1.54, 1.807) is 12.1 Å². The molecule has 0 saturated heterocycles. The Kier molecular flexibility index (Phi) is 6.59. The molecule has 1 aromatic heterocycles. The second-order valence-electron chi connectivity index (χ2n) is 5.84. The summed E-state index contributed by atoms with van der Waals surface area (Å²) in [5.41, 5.74) is 4.29. The maximum atomic E-state index is 10.6. The molecule has 0 atom stereocenters. The van der Waals surface area contributed by atoms with E-state index < -0.39 is 4.92 Å². The summed E-state index contributed by atoms with van der Waals surface area (Å²) < 4.78 is 11.2. The van der Waals surface area contributed by atoms with E-state index in [1.165, 1.54) is 25.5 Å². The number of ether oxygens (including phenoxy) is 2. The number of pyridine rings is 1. The van der Waals surface area contributed by atoms with Gasteiger partial charge in [0.2, 0.25) is 0 Å². The average molecular weight is 413 g/mol. The highest BCUT2D eigenvalue weighted by Crippen LogP contribution is 2.36. The number of anilines is 1. The van der Waals surface area contributed by atoms with E-state index in [4.69, 9.17) is 21.1 Å². The number of benzene rings is 2. The molecule has 0 fully saturated rings. The molecule has 3 rings (SSSR count). The first-order valence-corrected chi connectivity index (χ1v) is 8.88. The fourth-order valence-corrected chi connectivity index (χ4v) is 2.69. The third-order valence-corrected chi connectivity index (χ3v) is 4.11. The van der Waals surface area contributed by atoms with Gasteiger partial charge in [0.1, 0.15) is 18.6 Å². The molecule has 0 aliphatic heterocycles. The Morgan fingerprint density at radius 1 is 1.24 bits per heavy atom. The van der Waals surface area contributed by atoms with Crippen molar-refractivity contribution < 1.29 is 14.4 Å². The van der Waals surface area contributed by atoms with Crippen molar-refractivity contribution in [3.8, 4) is 11.5 Å². The SMILES string of the molecule is COc1cc(/C=N/Nc2ccc([N+](=O)[O-])cn2)cc(Cl)c1OCc1ccccc1. The lowest BCUT2D eigenvalue weighted by molar-refractivity contribution is -0.385. The first kappa shape index (κ1) is 20.1. The van der Waals surface area contributed by atoms with Crippen LogP contribution in [-0.4, -0.2) is 23.2 Å². The van der Waals surface area contributed by atoms with Crippen molar-refractivity contribution >= 4 is 29.3 Å². The van der Waals surface area contributed by atoms with Gasteiger partial charge in [0.15, 0.2) is 11.5 Å².